The van der Waals surface area contributed by atoms with Gasteiger partial charge in [-0.2, -0.15) is 0 Å². The van der Waals surface area contributed by atoms with Crippen LogP contribution in [-0.4, -0.2) is 54.6 Å². The largest absolute Gasteiger partial charge is 0.444 e. The molecule has 21 heavy (non-hydrogen) atoms. The van der Waals surface area contributed by atoms with E-state index in [0.29, 0.717) is 13.0 Å². The van der Waals surface area contributed by atoms with E-state index >= 15 is 0 Å². The first-order chi connectivity index (χ1) is 9.73. The molecule has 0 saturated heterocycles. The smallest absolute Gasteiger partial charge is 0.408 e. The predicted molar refractivity (Wildman–Crippen MR) is 77.6 cm³/mol. The van der Waals surface area contributed by atoms with Crippen molar-refractivity contribution in [1.29, 1.82) is 0 Å². The second kappa shape index (κ2) is 7.10. The lowest BCUT2D eigenvalue weighted by molar-refractivity contribution is -0.136. The number of amides is 3. The standard InChI is InChI=1S/C14H23N3O4/c1-14(2,3)21-13(20)16-10-7-5-6-8-17(12(10)19)9-11(18)15-4/h5-6,10H,7-9H2,1-4H3,(H,15,18)(H,16,20)/t10-/m0/s1. The van der Waals surface area contributed by atoms with Crippen molar-refractivity contribution in [1.82, 2.24) is 15.5 Å². The fraction of sp³-hybridized carbons (Fsp3) is 0.643. The number of hydrogen-bond acceptors (Lipinski definition) is 4. The van der Waals surface area contributed by atoms with Gasteiger partial charge in [0.1, 0.15) is 11.6 Å². The molecule has 0 saturated carbocycles. The third kappa shape index (κ3) is 5.85. The van der Waals surface area contributed by atoms with Gasteiger partial charge in [0, 0.05) is 13.6 Å². The maximum atomic E-state index is 12.3. The Hall–Kier alpha value is -2.05. The first kappa shape index (κ1) is 17.0. The summed E-state index contributed by atoms with van der Waals surface area (Å²) in [6, 6.07) is -0.719. The predicted octanol–water partition coefficient (Wildman–Crippen LogP) is 0.414. The monoisotopic (exact) mass is 297 g/mol. The van der Waals surface area contributed by atoms with Crippen molar-refractivity contribution in [3.63, 3.8) is 0 Å². The third-order valence-corrected chi connectivity index (χ3v) is 2.78. The molecule has 0 aromatic carbocycles. The molecule has 7 heteroatoms. The Morgan fingerprint density at radius 1 is 1.38 bits per heavy atom. The molecule has 0 aromatic rings. The van der Waals surface area contributed by atoms with Crippen molar-refractivity contribution in [3.8, 4) is 0 Å². The van der Waals surface area contributed by atoms with Gasteiger partial charge in [-0.25, -0.2) is 4.79 Å². The Bertz CT molecular complexity index is 440. The van der Waals surface area contributed by atoms with Crippen molar-refractivity contribution in [2.24, 2.45) is 0 Å². The normalized spacial score (nSPS) is 19.0. The molecule has 0 radical (unpaired) electrons. The number of carbonyl (C=O) groups is 3. The van der Waals surface area contributed by atoms with E-state index < -0.39 is 17.7 Å². The van der Waals surface area contributed by atoms with Gasteiger partial charge in [0.05, 0.1) is 6.54 Å². The van der Waals surface area contributed by atoms with E-state index in [1.807, 2.05) is 6.08 Å². The Labute approximate surface area is 124 Å². The van der Waals surface area contributed by atoms with Crippen LogP contribution in [0.2, 0.25) is 0 Å². The van der Waals surface area contributed by atoms with E-state index in [4.69, 9.17) is 4.74 Å². The minimum Gasteiger partial charge on any atom is -0.444 e. The first-order valence-corrected chi connectivity index (χ1v) is 6.87. The molecule has 2 N–H and O–H groups in total. The summed E-state index contributed by atoms with van der Waals surface area (Å²) in [6.07, 6.45) is 3.35. The number of ether oxygens (including phenoxy) is 1. The second-order valence-corrected chi connectivity index (χ2v) is 5.80. The topological polar surface area (TPSA) is 87.7 Å². The van der Waals surface area contributed by atoms with E-state index in [9.17, 15) is 14.4 Å². The van der Waals surface area contributed by atoms with Gasteiger partial charge < -0.3 is 20.3 Å². The number of rotatable bonds is 3. The molecule has 0 spiro atoms. The fourth-order valence-electron chi connectivity index (χ4n) is 1.81. The van der Waals surface area contributed by atoms with Gasteiger partial charge in [0.2, 0.25) is 11.8 Å². The summed E-state index contributed by atoms with van der Waals surface area (Å²) < 4.78 is 5.14. The number of nitrogens with one attached hydrogen (secondary N) is 2. The van der Waals surface area contributed by atoms with Gasteiger partial charge in [-0.3, -0.25) is 9.59 Å². The second-order valence-electron chi connectivity index (χ2n) is 5.80. The highest BCUT2D eigenvalue weighted by atomic mass is 16.6. The Morgan fingerprint density at radius 2 is 2.05 bits per heavy atom. The van der Waals surface area contributed by atoms with Crippen LogP contribution in [0.15, 0.2) is 12.2 Å². The van der Waals surface area contributed by atoms with Crippen LogP contribution in [-0.2, 0) is 14.3 Å². The number of likely N-dealkylation sites (N-methyl/N-ethyl adjacent to an activating group) is 1. The summed E-state index contributed by atoms with van der Waals surface area (Å²) in [7, 11) is 1.51. The van der Waals surface area contributed by atoms with Gasteiger partial charge in [0.15, 0.2) is 0 Å². The molecule has 0 fully saturated rings. The molecule has 0 aliphatic carbocycles. The van der Waals surface area contributed by atoms with Crippen LogP contribution in [0, 0.1) is 0 Å². The first-order valence-electron chi connectivity index (χ1n) is 6.87. The van der Waals surface area contributed by atoms with E-state index in [1.54, 1.807) is 26.8 Å². The molecule has 3 amide bonds. The molecule has 1 heterocycles. The molecule has 1 aliphatic heterocycles. The quantitative estimate of drug-likeness (QED) is 0.739. The van der Waals surface area contributed by atoms with Crippen LogP contribution in [0.4, 0.5) is 4.79 Å². The summed E-state index contributed by atoms with van der Waals surface area (Å²) >= 11 is 0. The summed E-state index contributed by atoms with van der Waals surface area (Å²) in [5, 5.41) is 5.02. The minimum absolute atomic E-state index is 0.0355. The Balaban J connectivity index is 2.68. The van der Waals surface area contributed by atoms with Gasteiger partial charge in [-0.1, -0.05) is 12.2 Å². The van der Waals surface area contributed by atoms with Crippen molar-refractivity contribution in [2.45, 2.75) is 38.8 Å². The van der Waals surface area contributed by atoms with Crippen LogP contribution in [0.3, 0.4) is 0 Å². The number of nitrogens with zero attached hydrogens (tertiary/aromatic N) is 1. The average molecular weight is 297 g/mol. The van der Waals surface area contributed by atoms with Crippen LogP contribution in [0.1, 0.15) is 27.2 Å². The van der Waals surface area contributed by atoms with Gasteiger partial charge in [-0.15, -0.1) is 0 Å². The summed E-state index contributed by atoms with van der Waals surface area (Å²) in [5.74, 6) is -0.552. The van der Waals surface area contributed by atoms with E-state index in [1.165, 1.54) is 11.9 Å². The van der Waals surface area contributed by atoms with E-state index in [-0.39, 0.29) is 18.4 Å². The van der Waals surface area contributed by atoms with Crippen LogP contribution in [0.5, 0.6) is 0 Å². The Morgan fingerprint density at radius 3 is 2.62 bits per heavy atom. The molecule has 1 atom stereocenters. The summed E-state index contributed by atoms with van der Waals surface area (Å²) in [5.41, 5.74) is -0.629. The van der Waals surface area contributed by atoms with Crippen molar-refractivity contribution in [3.05, 3.63) is 12.2 Å². The molecule has 0 aromatic heterocycles. The maximum absolute atomic E-state index is 12.3. The van der Waals surface area contributed by atoms with Crippen molar-refractivity contribution >= 4 is 17.9 Å². The van der Waals surface area contributed by atoms with Crippen molar-refractivity contribution in [2.75, 3.05) is 20.1 Å². The van der Waals surface area contributed by atoms with Gasteiger partial charge >= 0.3 is 6.09 Å². The van der Waals surface area contributed by atoms with Crippen LogP contribution < -0.4 is 10.6 Å². The maximum Gasteiger partial charge on any atom is 0.408 e. The molecule has 0 bridgehead atoms. The average Bonchev–Trinajstić information content (AvgIpc) is 2.52. The molecular formula is C14H23N3O4. The highest BCUT2D eigenvalue weighted by Crippen LogP contribution is 2.10. The summed E-state index contributed by atoms with van der Waals surface area (Å²) in [4.78, 5) is 36.9. The minimum atomic E-state index is -0.719. The molecule has 7 nitrogen and oxygen atoms in total. The fourth-order valence-corrected chi connectivity index (χ4v) is 1.81. The van der Waals surface area contributed by atoms with E-state index in [2.05, 4.69) is 10.6 Å². The number of alkyl carbamates (subject to hydrolysis) is 1. The van der Waals surface area contributed by atoms with E-state index in [0.717, 1.165) is 0 Å². The number of hydrogen-bond donors (Lipinski definition) is 2. The van der Waals surface area contributed by atoms with Gasteiger partial charge in [-0.05, 0) is 27.2 Å². The highest BCUT2D eigenvalue weighted by molar-refractivity contribution is 5.90. The molecular weight excluding hydrogens is 274 g/mol. The Kier molecular flexibility index (Phi) is 5.75. The number of carbonyl (C=O) groups excluding carboxylic acids is 3. The van der Waals surface area contributed by atoms with Gasteiger partial charge in [0.25, 0.3) is 0 Å². The zero-order valence-electron chi connectivity index (χ0n) is 12.9. The lowest BCUT2D eigenvalue weighted by Crippen LogP contribution is -2.50. The molecule has 118 valence electrons. The zero-order chi connectivity index (χ0) is 16.0. The molecule has 0 unspecified atom stereocenters. The highest BCUT2D eigenvalue weighted by Gasteiger charge is 2.29. The van der Waals surface area contributed by atoms with Crippen molar-refractivity contribution < 1.29 is 19.1 Å². The lowest BCUT2D eigenvalue weighted by Gasteiger charge is -2.25. The summed E-state index contributed by atoms with van der Waals surface area (Å²) in [6.45, 7) is 5.56. The molecule has 1 rings (SSSR count). The van der Waals surface area contributed by atoms with Crippen LogP contribution in [0.25, 0.3) is 0 Å². The molecule has 1 aliphatic rings. The third-order valence-electron chi connectivity index (χ3n) is 2.78. The SMILES string of the molecule is CNC(=O)CN1CC=CC[C@H](NC(=O)OC(C)(C)C)C1=O. The zero-order valence-corrected chi connectivity index (χ0v) is 12.9. The van der Waals surface area contributed by atoms with Crippen LogP contribution >= 0.6 is 0 Å². The lowest BCUT2D eigenvalue weighted by atomic mass is 10.2.